The van der Waals surface area contributed by atoms with Gasteiger partial charge >= 0.3 is 0 Å². The van der Waals surface area contributed by atoms with Crippen LogP contribution in [0.3, 0.4) is 0 Å². The predicted octanol–water partition coefficient (Wildman–Crippen LogP) is 3.75. The second kappa shape index (κ2) is 7.28. The molecule has 1 unspecified atom stereocenters. The smallest absolute Gasteiger partial charge is 0.0694 e. The second-order valence-corrected chi connectivity index (χ2v) is 6.52. The van der Waals surface area contributed by atoms with E-state index >= 15 is 0 Å². The highest BCUT2D eigenvalue weighted by Gasteiger charge is 2.30. The molecule has 1 aromatic rings. The number of anilines is 1. The average molecular weight is 290 g/mol. The molecule has 3 heteroatoms. The van der Waals surface area contributed by atoms with Crippen molar-refractivity contribution in [3.05, 3.63) is 29.8 Å². The summed E-state index contributed by atoms with van der Waals surface area (Å²) < 4.78 is 5.61. The van der Waals surface area contributed by atoms with Crippen molar-refractivity contribution in [2.75, 3.05) is 31.2 Å². The largest absolute Gasteiger partial charge is 0.377 e. The van der Waals surface area contributed by atoms with Gasteiger partial charge in [-0.15, -0.1) is 0 Å². The molecule has 21 heavy (non-hydrogen) atoms. The molecule has 1 atom stereocenters. The molecule has 1 saturated heterocycles. The van der Waals surface area contributed by atoms with E-state index in [1.165, 1.54) is 17.7 Å². The molecule has 1 aliphatic heterocycles. The van der Waals surface area contributed by atoms with E-state index in [0.29, 0.717) is 6.04 Å². The molecule has 1 N–H and O–H groups in total. The van der Waals surface area contributed by atoms with Gasteiger partial charge in [-0.05, 0) is 50.9 Å². The Morgan fingerprint density at radius 3 is 2.52 bits per heavy atom. The van der Waals surface area contributed by atoms with Crippen LogP contribution in [0.25, 0.3) is 0 Å². The molecule has 2 rings (SSSR count). The fraction of sp³-hybridized carbons (Fsp3) is 0.667. The van der Waals surface area contributed by atoms with Crippen molar-refractivity contribution in [1.82, 2.24) is 5.32 Å². The van der Waals surface area contributed by atoms with Crippen LogP contribution >= 0.6 is 0 Å². The Bertz CT molecular complexity index is 427. The summed E-state index contributed by atoms with van der Waals surface area (Å²) in [5.74, 6) is 0. The minimum Gasteiger partial charge on any atom is -0.377 e. The van der Waals surface area contributed by atoms with Gasteiger partial charge in [-0.25, -0.2) is 0 Å². The molecule has 1 heterocycles. The number of nitrogens with one attached hydrogen (secondary N) is 1. The number of hydrogen-bond acceptors (Lipinski definition) is 3. The molecule has 0 aromatic heterocycles. The number of benzene rings is 1. The minimum atomic E-state index is 0.0738. The number of morpholine rings is 1. The fourth-order valence-electron chi connectivity index (χ4n) is 3.04. The van der Waals surface area contributed by atoms with E-state index in [0.717, 1.165) is 32.7 Å². The third-order valence-electron chi connectivity index (χ3n) is 4.30. The van der Waals surface area contributed by atoms with Crippen LogP contribution in [0.15, 0.2) is 24.3 Å². The zero-order valence-electron chi connectivity index (χ0n) is 14.0. The summed E-state index contributed by atoms with van der Waals surface area (Å²) in [7, 11) is 0. The van der Waals surface area contributed by atoms with Gasteiger partial charge < -0.3 is 15.0 Å². The van der Waals surface area contributed by atoms with E-state index in [4.69, 9.17) is 4.74 Å². The standard InChI is InChI=1S/C18H30N2O/c1-5-11-19-17(6-2)15-7-9-16(10-8-15)20-12-13-21-14-18(20,3)4/h7-10,17,19H,5-6,11-14H2,1-4H3. The fourth-order valence-corrected chi connectivity index (χ4v) is 3.04. The summed E-state index contributed by atoms with van der Waals surface area (Å²) >= 11 is 0. The Morgan fingerprint density at radius 2 is 1.95 bits per heavy atom. The summed E-state index contributed by atoms with van der Waals surface area (Å²) in [6.45, 7) is 12.6. The zero-order chi connectivity index (χ0) is 15.3. The monoisotopic (exact) mass is 290 g/mol. The van der Waals surface area contributed by atoms with Gasteiger partial charge in [0.15, 0.2) is 0 Å². The highest BCUT2D eigenvalue weighted by molar-refractivity contribution is 5.50. The van der Waals surface area contributed by atoms with E-state index in [1.807, 2.05) is 0 Å². The molecule has 0 radical (unpaired) electrons. The Balaban J connectivity index is 2.10. The molecule has 1 fully saturated rings. The van der Waals surface area contributed by atoms with Crippen LogP contribution in [0.1, 0.15) is 52.1 Å². The molecule has 1 aliphatic rings. The van der Waals surface area contributed by atoms with Gasteiger partial charge in [-0.2, -0.15) is 0 Å². The lowest BCUT2D eigenvalue weighted by atomic mass is 9.99. The van der Waals surface area contributed by atoms with Crippen molar-refractivity contribution >= 4 is 5.69 Å². The first kappa shape index (κ1) is 16.3. The summed E-state index contributed by atoms with van der Waals surface area (Å²) in [5, 5.41) is 3.62. The van der Waals surface area contributed by atoms with Crippen LogP contribution in [-0.4, -0.2) is 31.8 Å². The Hall–Kier alpha value is -1.06. The maximum atomic E-state index is 5.61. The first-order valence-corrected chi connectivity index (χ1v) is 8.27. The Labute approximate surface area is 129 Å². The lowest BCUT2D eigenvalue weighted by Crippen LogP contribution is -2.53. The Kier molecular flexibility index (Phi) is 5.65. The Morgan fingerprint density at radius 1 is 1.24 bits per heavy atom. The SMILES string of the molecule is CCCNC(CC)c1ccc(N2CCOCC2(C)C)cc1. The van der Waals surface area contributed by atoms with E-state index in [9.17, 15) is 0 Å². The number of nitrogens with zero attached hydrogens (tertiary/aromatic N) is 1. The van der Waals surface area contributed by atoms with Gasteiger partial charge in [0.05, 0.1) is 18.8 Å². The van der Waals surface area contributed by atoms with Crippen molar-refractivity contribution in [2.45, 2.75) is 52.1 Å². The zero-order valence-corrected chi connectivity index (χ0v) is 14.0. The number of rotatable bonds is 6. The van der Waals surface area contributed by atoms with Crippen LogP contribution < -0.4 is 10.2 Å². The van der Waals surface area contributed by atoms with Gasteiger partial charge in [0.2, 0.25) is 0 Å². The van der Waals surface area contributed by atoms with Crippen molar-refractivity contribution in [3.63, 3.8) is 0 Å². The molecule has 0 spiro atoms. The third-order valence-corrected chi connectivity index (χ3v) is 4.30. The number of ether oxygens (including phenoxy) is 1. The highest BCUT2D eigenvalue weighted by Crippen LogP contribution is 2.28. The first-order chi connectivity index (χ1) is 10.1. The number of hydrogen-bond donors (Lipinski definition) is 1. The lowest BCUT2D eigenvalue weighted by molar-refractivity contribution is 0.0644. The van der Waals surface area contributed by atoms with Crippen molar-refractivity contribution in [1.29, 1.82) is 0 Å². The van der Waals surface area contributed by atoms with Crippen molar-refractivity contribution in [2.24, 2.45) is 0 Å². The van der Waals surface area contributed by atoms with Crippen LogP contribution in [0, 0.1) is 0 Å². The average Bonchev–Trinajstić information content (AvgIpc) is 2.48. The molecule has 0 bridgehead atoms. The molecule has 0 amide bonds. The second-order valence-electron chi connectivity index (χ2n) is 6.52. The predicted molar refractivity (Wildman–Crippen MR) is 90.0 cm³/mol. The van der Waals surface area contributed by atoms with Crippen LogP contribution in [0.4, 0.5) is 5.69 Å². The van der Waals surface area contributed by atoms with E-state index in [2.05, 4.69) is 62.2 Å². The van der Waals surface area contributed by atoms with E-state index in [-0.39, 0.29) is 5.54 Å². The van der Waals surface area contributed by atoms with Gasteiger partial charge in [0.25, 0.3) is 0 Å². The van der Waals surface area contributed by atoms with Crippen molar-refractivity contribution < 1.29 is 4.74 Å². The summed E-state index contributed by atoms with van der Waals surface area (Å²) in [4.78, 5) is 2.46. The summed E-state index contributed by atoms with van der Waals surface area (Å²) in [5.41, 5.74) is 2.77. The lowest BCUT2D eigenvalue weighted by Gasteiger charge is -2.44. The summed E-state index contributed by atoms with van der Waals surface area (Å²) in [6, 6.07) is 9.55. The van der Waals surface area contributed by atoms with Gasteiger partial charge in [0.1, 0.15) is 0 Å². The highest BCUT2D eigenvalue weighted by atomic mass is 16.5. The quantitative estimate of drug-likeness (QED) is 0.863. The maximum Gasteiger partial charge on any atom is 0.0694 e. The first-order valence-electron chi connectivity index (χ1n) is 8.27. The van der Waals surface area contributed by atoms with Crippen molar-refractivity contribution in [3.8, 4) is 0 Å². The third kappa shape index (κ3) is 3.98. The van der Waals surface area contributed by atoms with Gasteiger partial charge in [-0.1, -0.05) is 26.0 Å². The van der Waals surface area contributed by atoms with Gasteiger partial charge in [-0.3, -0.25) is 0 Å². The molecule has 0 aliphatic carbocycles. The van der Waals surface area contributed by atoms with Crippen LogP contribution in [0.5, 0.6) is 0 Å². The molecular weight excluding hydrogens is 260 g/mol. The van der Waals surface area contributed by atoms with E-state index in [1.54, 1.807) is 0 Å². The molecule has 3 nitrogen and oxygen atoms in total. The maximum absolute atomic E-state index is 5.61. The molecule has 0 saturated carbocycles. The topological polar surface area (TPSA) is 24.5 Å². The minimum absolute atomic E-state index is 0.0738. The summed E-state index contributed by atoms with van der Waals surface area (Å²) in [6.07, 6.45) is 2.30. The normalized spacial score (nSPS) is 19.5. The van der Waals surface area contributed by atoms with E-state index < -0.39 is 0 Å². The van der Waals surface area contributed by atoms with Crippen LogP contribution in [-0.2, 0) is 4.74 Å². The molecule has 1 aromatic carbocycles. The van der Waals surface area contributed by atoms with Gasteiger partial charge in [0, 0.05) is 18.3 Å². The molecule has 118 valence electrons. The molecular formula is C18H30N2O. The van der Waals surface area contributed by atoms with Crippen LogP contribution in [0.2, 0.25) is 0 Å².